The number of hydrogen-bond donors (Lipinski definition) is 2. The first kappa shape index (κ1) is 28.1. The second-order valence-electron chi connectivity index (χ2n) is 10.6. The summed E-state index contributed by atoms with van der Waals surface area (Å²) in [7, 11) is 1.55. The number of aromatic hydroxyl groups is 1. The summed E-state index contributed by atoms with van der Waals surface area (Å²) in [4.78, 5) is 28.5. The van der Waals surface area contributed by atoms with Gasteiger partial charge in [-0.15, -0.1) is 0 Å². The van der Waals surface area contributed by atoms with Crippen molar-refractivity contribution in [3.05, 3.63) is 112 Å². The predicted octanol–water partition coefficient (Wildman–Crippen LogP) is 5.94. The monoisotopic (exact) mass is 582 g/mol. The molecule has 0 fully saturated rings. The van der Waals surface area contributed by atoms with Gasteiger partial charge in [0.25, 0.3) is 11.8 Å². The van der Waals surface area contributed by atoms with Gasteiger partial charge in [-0.25, -0.2) is 4.39 Å². The highest BCUT2D eigenvalue weighted by Crippen LogP contribution is 2.42. The number of methoxy groups -OCH3 is 1. The highest BCUT2D eigenvalue weighted by atomic mass is 19.1. The third-order valence-electron chi connectivity index (χ3n) is 7.86. The zero-order chi connectivity index (χ0) is 30.1. The van der Waals surface area contributed by atoms with Gasteiger partial charge >= 0.3 is 0 Å². The molecule has 0 saturated heterocycles. The number of nitrogens with one attached hydrogen (secondary N) is 1. The standard InChI is InChI=1S/C34H31FN2O6/c1-20-5-3-6-26(32(20)38)34(40)37-15-13-21-17-23-8-10-25(21)31(37)22-7-12-29(41-2)30(18-22)42-16-4-14-36-33(39)27-19-24(43-23)9-11-28(27)35/h3,5-12,17-19,31,38H,4,13-16H2,1-2H3,(H,36,39). The predicted molar refractivity (Wildman–Crippen MR) is 158 cm³/mol. The van der Waals surface area contributed by atoms with Crippen LogP contribution < -0.4 is 19.5 Å². The van der Waals surface area contributed by atoms with Crippen molar-refractivity contribution in [1.82, 2.24) is 10.2 Å². The minimum Gasteiger partial charge on any atom is -0.507 e. The van der Waals surface area contributed by atoms with E-state index in [1.165, 1.54) is 18.2 Å². The number of amides is 2. The van der Waals surface area contributed by atoms with Crippen molar-refractivity contribution in [3.63, 3.8) is 0 Å². The molecule has 1 unspecified atom stereocenters. The number of hydrogen-bond acceptors (Lipinski definition) is 6. The first-order valence-corrected chi connectivity index (χ1v) is 14.1. The Morgan fingerprint density at radius 3 is 2.72 bits per heavy atom. The second kappa shape index (κ2) is 11.7. The fourth-order valence-electron chi connectivity index (χ4n) is 5.64. The van der Waals surface area contributed by atoms with E-state index in [0.717, 1.165) is 16.7 Å². The summed E-state index contributed by atoms with van der Waals surface area (Å²) in [5.41, 5.74) is 3.43. The van der Waals surface area contributed by atoms with Crippen molar-refractivity contribution in [2.45, 2.75) is 25.8 Å². The fraction of sp³-hybridized carbons (Fsp3) is 0.235. The quantitative estimate of drug-likeness (QED) is 0.304. The lowest BCUT2D eigenvalue weighted by atomic mass is 9.87. The molecule has 4 aromatic rings. The molecule has 0 spiro atoms. The normalized spacial score (nSPS) is 16.3. The number of aryl methyl sites for hydroxylation is 1. The lowest BCUT2D eigenvalue weighted by molar-refractivity contribution is 0.0690. The Labute approximate surface area is 248 Å². The topological polar surface area (TPSA) is 97.3 Å². The third-order valence-corrected chi connectivity index (χ3v) is 7.86. The van der Waals surface area contributed by atoms with Crippen LogP contribution in [0.4, 0.5) is 4.39 Å². The van der Waals surface area contributed by atoms with E-state index in [4.69, 9.17) is 14.2 Å². The van der Waals surface area contributed by atoms with Gasteiger partial charge in [0.15, 0.2) is 11.5 Å². The molecule has 3 aliphatic rings. The van der Waals surface area contributed by atoms with Crippen LogP contribution in [0.3, 0.4) is 0 Å². The van der Waals surface area contributed by atoms with Crippen molar-refractivity contribution < 1.29 is 33.3 Å². The number of rotatable bonds is 2. The summed E-state index contributed by atoms with van der Waals surface area (Å²) in [6.07, 6.45) is 1.00. The van der Waals surface area contributed by atoms with Crippen LogP contribution in [0.15, 0.2) is 72.8 Å². The molecule has 1 atom stereocenters. The van der Waals surface area contributed by atoms with Crippen LogP contribution in [0.5, 0.6) is 28.7 Å². The highest BCUT2D eigenvalue weighted by Gasteiger charge is 2.34. The highest BCUT2D eigenvalue weighted by molar-refractivity contribution is 5.98. The molecule has 8 bridgehead atoms. The van der Waals surface area contributed by atoms with Crippen molar-refractivity contribution in [2.24, 2.45) is 0 Å². The maximum atomic E-state index is 14.5. The van der Waals surface area contributed by atoms with Crippen LogP contribution in [0.1, 0.15) is 55.4 Å². The fourth-order valence-corrected chi connectivity index (χ4v) is 5.64. The summed E-state index contributed by atoms with van der Waals surface area (Å²) < 4.78 is 32.2. The number of benzene rings is 4. The number of nitrogens with zero attached hydrogens (tertiary/aromatic N) is 1. The molecule has 3 aliphatic heterocycles. The van der Waals surface area contributed by atoms with E-state index >= 15 is 0 Å². The second-order valence-corrected chi connectivity index (χ2v) is 10.6. The minimum atomic E-state index is -0.644. The Bertz CT molecular complexity index is 1720. The van der Waals surface area contributed by atoms with Crippen LogP contribution in [-0.2, 0) is 6.42 Å². The molecule has 43 heavy (non-hydrogen) atoms. The van der Waals surface area contributed by atoms with Gasteiger partial charge < -0.3 is 29.5 Å². The van der Waals surface area contributed by atoms with Crippen molar-refractivity contribution in [1.29, 1.82) is 0 Å². The van der Waals surface area contributed by atoms with Crippen molar-refractivity contribution in [3.8, 4) is 28.7 Å². The van der Waals surface area contributed by atoms with Gasteiger partial charge in [0, 0.05) is 13.1 Å². The largest absolute Gasteiger partial charge is 0.507 e. The Hall–Kier alpha value is -5.05. The summed E-state index contributed by atoms with van der Waals surface area (Å²) in [6.45, 7) is 2.67. The Balaban J connectivity index is 1.47. The Morgan fingerprint density at radius 2 is 1.88 bits per heavy atom. The van der Waals surface area contributed by atoms with Crippen LogP contribution in [0.25, 0.3) is 0 Å². The van der Waals surface area contributed by atoms with Gasteiger partial charge in [-0.3, -0.25) is 9.59 Å². The first-order valence-electron chi connectivity index (χ1n) is 14.1. The molecule has 8 nitrogen and oxygen atoms in total. The average Bonchev–Trinajstić information content (AvgIpc) is 3.01. The summed E-state index contributed by atoms with van der Waals surface area (Å²) in [6, 6.07) is 19.9. The van der Waals surface area contributed by atoms with E-state index < -0.39 is 17.8 Å². The lowest BCUT2D eigenvalue weighted by Crippen LogP contribution is -2.40. The number of carbonyl (C=O) groups excluding carboxylic acids is 2. The van der Waals surface area contributed by atoms with E-state index in [0.29, 0.717) is 47.9 Å². The maximum absolute atomic E-state index is 14.5. The molecule has 0 saturated carbocycles. The number of para-hydroxylation sites is 1. The molecule has 0 aliphatic carbocycles. The van der Waals surface area contributed by atoms with Gasteiger partial charge in [-0.05, 0) is 90.6 Å². The third kappa shape index (κ3) is 5.46. The Morgan fingerprint density at radius 1 is 1.07 bits per heavy atom. The Kier molecular flexibility index (Phi) is 7.63. The number of phenols is 1. The molecule has 2 amide bonds. The molecule has 220 valence electrons. The summed E-state index contributed by atoms with van der Waals surface area (Å²) in [5, 5.41) is 13.5. The van der Waals surface area contributed by atoms with Crippen LogP contribution in [0, 0.1) is 12.7 Å². The summed E-state index contributed by atoms with van der Waals surface area (Å²) in [5.74, 6) is 0.357. The molecular formula is C34H31FN2O6. The van der Waals surface area contributed by atoms with E-state index in [-0.39, 0.29) is 35.9 Å². The number of phenolic OH excluding ortho intramolecular Hbond substituents is 1. The van der Waals surface area contributed by atoms with E-state index in [2.05, 4.69) is 5.32 Å². The van der Waals surface area contributed by atoms with E-state index in [1.54, 1.807) is 49.3 Å². The molecular weight excluding hydrogens is 551 g/mol. The van der Waals surface area contributed by atoms with Crippen LogP contribution >= 0.6 is 0 Å². The zero-order valence-electron chi connectivity index (χ0n) is 23.9. The van der Waals surface area contributed by atoms with Gasteiger partial charge in [-0.1, -0.05) is 24.3 Å². The minimum absolute atomic E-state index is 0.0354. The molecule has 3 heterocycles. The first-order chi connectivity index (χ1) is 20.8. The van der Waals surface area contributed by atoms with E-state index in [9.17, 15) is 19.1 Å². The van der Waals surface area contributed by atoms with Gasteiger partial charge in [0.05, 0.1) is 30.9 Å². The smallest absolute Gasteiger partial charge is 0.258 e. The molecule has 9 heteroatoms. The number of ether oxygens (including phenoxy) is 3. The van der Waals surface area contributed by atoms with Gasteiger partial charge in [0.2, 0.25) is 0 Å². The summed E-state index contributed by atoms with van der Waals surface area (Å²) >= 11 is 0. The number of fused-ring (bicyclic) bond motifs is 6. The number of carbonyl (C=O) groups is 2. The van der Waals surface area contributed by atoms with Gasteiger partial charge in [-0.2, -0.15) is 0 Å². The molecule has 0 radical (unpaired) electrons. The van der Waals surface area contributed by atoms with Gasteiger partial charge in [0.1, 0.15) is 23.1 Å². The van der Waals surface area contributed by atoms with Crippen molar-refractivity contribution >= 4 is 11.8 Å². The number of halogens is 1. The van der Waals surface area contributed by atoms with Crippen LogP contribution in [-0.4, -0.2) is 48.6 Å². The van der Waals surface area contributed by atoms with Crippen molar-refractivity contribution in [2.75, 3.05) is 26.8 Å². The lowest BCUT2D eigenvalue weighted by Gasteiger charge is -2.38. The maximum Gasteiger partial charge on any atom is 0.258 e. The van der Waals surface area contributed by atoms with E-state index in [1.807, 2.05) is 24.3 Å². The molecule has 2 N–H and O–H groups in total. The van der Waals surface area contributed by atoms with Crippen LogP contribution in [0.2, 0.25) is 0 Å². The average molecular weight is 583 g/mol. The molecule has 4 aromatic carbocycles. The SMILES string of the molecule is COc1ccc2cc1OCCCNC(=O)c1cc(ccc1F)Oc1ccc3c(c1)CCN(C(=O)c1cccc(C)c1O)C23. The molecule has 0 aromatic heterocycles. The zero-order valence-corrected chi connectivity index (χ0v) is 23.9. The molecule has 7 rings (SSSR count).